The van der Waals surface area contributed by atoms with Gasteiger partial charge in [-0.2, -0.15) is 0 Å². The first kappa shape index (κ1) is 14.5. The third-order valence-corrected chi connectivity index (χ3v) is 4.01. The highest BCUT2D eigenvalue weighted by Crippen LogP contribution is 2.24. The molecule has 0 saturated heterocycles. The molecule has 2 rings (SSSR count). The Labute approximate surface area is 123 Å². The summed E-state index contributed by atoms with van der Waals surface area (Å²) in [5, 5.41) is 6.25. The third-order valence-electron chi connectivity index (χ3n) is 3.52. The normalized spacial score (nSPS) is 17.9. The van der Waals surface area contributed by atoms with Gasteiger partial charge >= 0.3 is 0 Å². The molecule has 0 saturated carbocycles. The van der Waals surface area contributed by atoms with Crippen molar-refractivity contribution in [2.24, 2.45) is 0 Å². The zero-order valence-electron chi connectivity index (χ0n) is 11.3. The number of hydrogen-bond acceptors (Lipinski definition) is 2. The minimum Gasteiger partial charge on any atom is -0.355 e. The number of amides is 1. The van der Waals surface area contributed by atoms with Gasteiger partial charge in [0.05, 0.1) is 6.54 Å². The van der Waals surface area contributed by atoms with Crippen LogP contribution in [0, 0.1) is 0 Å². The fraction of sp³-hybridized carbons (Fsp3) is 0.533. The largest absolute Gasteiger partial charge is 0.355 e. The summed E-state index contributed by atoms with van der Waals surface area (Å²) in [6.45, 7) is 3.25. The molecule has 1 unspecified atom stereocenters. The van der Waals surface area contributed by atoms with E-state index in [4.69, 9.17) is 0 Å². The summed E-state index contributed by atoms with van der Waals surface area (Å²) in [5.41, 5.74) is 2.84. The van der Waals surface area contributed by atoms with Crippen molar-refractivity contribution in [3.05, 3.63) is 33.8 Å². The van der Waals surface area contributed by atoms with Crippen LogP contribution in [0.1, 0.15) is 30.9 Å². The number of nitrogens with one attached hydrogen (secondary N) is 2. The SMILES string of the molecule is CCCNC(=O)CNC1CCc2cc(Br)ccc2C1. The minimum atomic E-state index is 0.100. The molecule has 0 radical (unpaired) electrons. The van der Waals surface area contributed by atoms with E-state index in [1.807, 2.05) is 0 Å². The first-order chi connectivity index (χ1) is 9.19. The first-order valence-corrected chi connectivity index (χ1v) is 7.75. The van der Waals surface area contributed by atoms with Gasteiger partial charge < -0.3 is 10.6 Å². The molecule has 3 nitrogen and oxygen atoms in total. The van der Waals surface area contributed by atoms with Crippen LogP contribution in [-0.2, 0) is 17.6 Å². The maximum absolute atomic E-state index is 11.6. The van der Waals surface area contributed by atoms with Crippen molar-refractivity contribution in [2.45, 2.75) is 38.6 Å². The first-order valence-electron chi connectivity index (χ1n) is 6.96. The van der Waals surface area contributed by atoms with Crippen LogP contribution in [0.25, 0.3) is 0 Å². The Bertz CT molecular complexity index is 448. The molecular weight excluding hydrogens is 304 g/mol. The van der Waals surface area contributed by atoms with Crippen LogP contribution in [0.3, 0.4) is 0 Å². The van der Waals surface area contributed by atoms with E-state index in [2.05, 4.69) is 51.7 Å². The lowest BCUT2D eigenvalue weighted by Crippen LogP contribution is -2.41. The lowest BCUT2D eigenvalue weighted by molar-refractivity contribution is -0.120. The van der Waals surface area contributed by atoms with Crippen LogP contribution < -0.4 is 10.6 Å². The molecule has 1 aliphatic rings. The van der Waals surface area contributed by atoms with Gasteiger partial charge in [-0.3, -0.25) is 4.79 Å². The Morgan fingerprint density at radius 3 is 3.05 bits per heavy atom. The van der Waals surface area contributed by atoms with Crippen molar-refractivity contribution in [1.82, 2.24) is 10.6 Å². The summed E-state index contributed by atoms with van der Waals surface area (Å²) < 4.78 is 1.15. The molecule has 1 aromatic rings. The molecule has 0 heterocycles. The molecule has 4 heteroatoms. The number of halogens is 1. The zero-order valence-corrected chi connectivity index (χ0v) is 12.9. The van der Waals surface area contributed by atoms with Gasteiger partial charge in [0.25, 0.3) is 0 Å². The predicted molar refractivity (Wildman–Crippen MR) is 81.3 cm³/mol. The van der Waals surface area contributed by atoms with Gasteiger partial charge in [-0.05, 0) is 48.9 Å². The standard InChI is InChI=1S/C15H21BrN2O/c1-2-7-17-15(19)10-18-14-6-4-11-8-13(16)5-3-12(11)9-14/h3,5,8,14,18H,2,4,6-7,9-10H2,1H3,(H,17,19). The molecule has 2 N–H and O–H groups in total. The molecule has 0 fully saturated rings. The van der Waals surface area contributed by atoms with Gasteiger partial charge in [0.2, 0.25) is 5.91 Å². The van der Waals surface area contributed by atoms with Crippen molar-refractivity contribution >= 4 is 21.8 Å². The van der Waals surface area contributed by atoms with Crippen molar-refractivity contribution in [3.63, 3.8) is 0 Å². The second-order valence-electron chi connectivity index (χ2n) is 5.08. The molecule has 0 bridgehead atoms. The molecule has 19 heavy (non-hydrogen) atoms. The maximum atomic E-state index is 11.6. The highest BCUT2D eigenvalue weighted by atomic mass is 79.9. The monoisotopic (exact) mass is 324 g/mol. The van der Waals surface area contributed by atoms with E-state index in [1.54, 1.807) is 0 Å². The maximum Gasteiger partial charge on any atom is 0.233 e. The fourth-order valence-corrected chi connectivity index (χ4v) is 2.87. The summed E-state index contributed by atoms with van der Waals surface area (Å²) in [6, 6.07) is 6.90. The van der Waals surface area contributed by atoms with E-state index >= 15 is 0 Å². The Balaban J connectivity index is 1.82. The van der Waals surface area contributed by atoms with Gasteiger partial charge in [-0.15, -0.1) is 0 Å². The lowest BCUT2D eigenvalue weighted by atomic mass is 9.88. The Kier molecular flexibility index (Phi) is 5.40. The van der Waals surface area contributed by atoms with Crippen LogP contribution in [0.4, 0.5) is 0 Å². The number of hydrogen-bond donors (Lipinski definition) is 2. The quantitative estimate of drug-likeness (QED) is 0.873. The van der Waals surface area contributed by atoms with E-state index in [0.717, 1.165) is 36.7 Å². The van der Waals surface area contributed by atoms with E-state index in [-0.39, 0.29) is 5.91 Å². The molecular formula is C15H21BrN2O. The average Bonchev–Trinajstić information content (AvgIpc) is 2.42. The smallest absolute Gasteiger partial charge is 0.233 e. The van der Waals surface area contributed by atoms with Crippen LogP contribution in [0.15, 0.2) is 22.7 Å². The van der Waals surface area contributed by atoms with E-state index < -0.39 is 0 Å². The van der Waals surface area contributed by atoms with Crippen LogP contribution in [0.5, 0.6) is 0 Å². The summed E-state index contributed by atoms with van der Waals surface area (Å²) in [7, 11) is 0. The van der Waals surface area contributed by atoms with Gasteiger partial charge in [0, 0.05) is 17.1 Å². The van der Waals surface area contributed by atoms with Gasteiger partial charge in [-0.1, -0.05) is 28.9 Å². The number of benzene rings is 1. The van der Waals surface area contributed by atoms with E-state index in [1.165, 1.54) is 11.1 Å². The molecule has 1 aromatic carbocycles. The van der Waals surface area contributed by atoms with Crippen molar-refractivity contribution in [2.75, 3.05) is 13.1 Å². The Morgan fingerprint density at radius 1 is 1.42 bits per heavy atom. The number of rotatable bonds is 5. The molecule has 1 atom stereocenters. The predicted octanol–water partition coefficient (Wildman–Crippen LogP) is 2.42. The minimum absolute atomic E-state index is 0.100. The van der Waals surface area contributed by atoms with Crippen LogP contribution >= 0.6 is 15.9 Å². The average molecular weight is 325 g/mol. The Morgan fingerprint density at radius 2 is 2.26 bits per heavy atom. The summed E-state index contributed by atoms with van der Waals surface area (Å²) in [4.78, 5) is 11.6. The molecule has 1 aliphatic carbocycles. The molecule has 0 spiro atoms. The summed E-state index contributed by atoms with van der Waals surface area (Å²) in [6.07, 6.45) is 4.19. The fourth-order valence-electron chi connectivity index (χ4n) is 2.46. The molecule has 104 valence electrons. The highest BCUT2D eigenvalue weighted by Gasteiger charge is 2.18. The zero-order chi connectivity index (χ0) is 13.7. The molecule has 0 aromatic heterocycles. The van der Waals surface area contributed by atoms with Crippen LogP contribution in [-0.4, -0.2) is 25.0 Å². The lowest BCUT2D eigenvalue weighted by Gasteiger charge is -2.25. The number of fused-ring (bicyclic) bond motifs is 1. The Hall–Kier alpha value is -0.870. The molecule has 0 aliphatic heterocycles. The molecule has 1 amide bonds. The highest BCUT2D eigenvalue weighted by molar-refractivity contribution is 9.10. The number of aryl methyl sites for hydroxylation is 1. The van der Waals surface area contributed by atoms with Gasteiger partial charge in [0.15, 0.2) is 0 Å². The second-order valence-corrected chi connectivity index (χ2v) is 6.00. The van der Waals surface area contributed by atoms with Gasteiger partial charge in [0.1, 0.15) is 0 Å². The second kappa shape index (κ2) is 7.06. The topological polar surface area (TPSA) is 41.1 Å². The van der Waals surface area contributed by atoms with Crippen molar-refractivity contribution < 1.29 is 4.79 Å². The number of carbonyl (C=O) groups is 1. The number of carbonyl (C=O) groups excluding carboxylic acids is 1. The van der Waals surface area contributed by atoms with Crippen molar-refractivity contribution in [3.8, 4) is 0 Å². The third kappa shape index (κ3) is 4.32. The van der Waals surface area contributed by atoms with E-state index in [0.29, 0.717) is 12.6 Å². The van der Waals surface area contributed by atoms with E-state index in [9.17, 15) is 4.79 Å². The summed E-state index contributed by atoms with van der Waals surface area (Å²) >= 11 is 3.51. The van der Waals surface area contributed by atoms with Crippen molar-refractivity contribution in [1.29, 1.82) is 0 Å². The van der Waals surface area contributed by atoms with Gasteiger partial charge in [-0.25, -0.2) is 0 Å². The van der Waals surface area contributed by atoms with Crippen LogP contribution in [0.2, 0.25) is 0 Å². The summed E-state index contributed by atoms with van der Waals surface area (Å²) in [5.74, 6) is 0.100.